The lowest BCUT2D eigenvalue weighted by Gasteiger charge is -2.07. The minimum absolute atomic E-state index is 0.884. The number of rotatable bonds is 6. The van der Waals surface area contributed by atoms with Crippen LogP contribution in [0.15, 0.2) is 102 Å². The molecule has 0 radical (unpaired) electrons. The number of allylic oxidation sites excluding steroid dienone is 7. The van der Waals surface area contributed by atoms with Gasteiger partial charge in [-0.3, -0.25) is 4.99 Å². The number of hydrogen-bond acceptors (Lipinski definition) is 2. The van der Waals surface area contributed by atoms with Crippen molar-refractivity contribution in [2.45, 2.75) is 13.8 Å². The van der Waals surface area contributed by atoms with Gasteiger partial charge in [0.25, 0.3) is 0 Å². The van der Waals surface area contributed by atoms with E-state index in [1.165, 1.54) is 11.8 Å². The molecule has 38 heavy (non-hydrogen) atoms. The molecule has 180 valence electrons. The molecule has 2 aliphatic heterocycles. The molecule has 4 aromatic rings. The van der Waals surface area contributed by atoms with Gasteiger partial charge in [-0.1, -0.05) is 66.7 Å². The summed E-state index contributed by atoms with van der Waals surface area (Å²) in [6.45, 7) is 4.02. The summed E-state index contributed by atoms with van der Waals surface area (Å²) in [7, 11) is 0. The van der Waals surface area contributed by atoms with E-state index in [0.29, 0.717) is 0 Å². The van der Waals surface area contributed by atoms with Crippen LogP contribution in [0.5, 0.6) is 0 Å². The average molecular weight is 489 g/mol. The molecule has 0 amide bonds. The van der Waals surface area contributed by atoms with Crippen molar-refractivity contribution in [2.24, 2.45) is 4.99 Å². The number of hydrogen-bond donors (Lipinski definition) is 1. The molecule has 0 unspecified atom stereocenters. The molecule has 0 aliphatic carbocycles. The molecular formula is C35H26N3+. The molecule has 3 heteroatoms. The van der Waals surface area contributed by atoms with Gasteiger partial charge in [-0.2, -0.15) is 4.58 Å². The summed E-state index contributed by atoms with van der Waals surface area (Å²) in [5, 5.41) is 9.83. The lowest BCUT2D eigenvalue weighted by Crippen LogP contribution is -2.02. The predicted molar refractivity (Wildman–Crippen MR) is 163 cm³/mol. The quantitative estimate of drug-likeness (QED) is 0.141. The van der Waals surface area contributed by atoms with Crippen molar-refractivity contribution in [3.63, 3.8) is 0 Å². The summed E-state index contributed by atoms with van der Waals surface area (Å²) in [5.74, 6) is 0. The van der Waals surface area contributed by atoms with Gasteiger partial charge in [0.15, 0.2) is 6.21 Å². The molecule has 0 saturated carbocycles. The fourth-order valence-electron chi connectivity index (χ4n) is 5.06. The molecule has 1 N–H and O–H groups in total. The van der Waals surface area contributed by atoms with Crippen LogP contribution < -0.4 is 4.58 Å². The highest BCUT2D eigenvalue weighted by molar-refractivity contribution is 6.12. The predicted octanol–water partition coefficient (Wildman–Crippen LogP) is 8.46. The van der Waals surface area contributed by atoms with Gasteiger partial charge < -0.3 is 5.41 Å². The Labute approximate surface area is 223 Å². The van der Waals surface area contributed by atoms with Crippen molar-refractivity contribution < 1.29 is 0 Å². The second-order valence-corrected chi connectivity index (χ2v) is 9.17. The molecule has 3 nitrogen and oxygen atoms in total. The Balaban J connectivity index is 1.51. The summed E-state index contributed by atoms with van der Waals surface area (Å²) in [6, 6.07) is 30.1. The first kappa shape index (κ1) is 23.3. The van der Waals surface area contributed by atoms with Crippen LogP contribution in [0.2, 0.25) is 0 Å². The second-order valence-electron chi connectivity index (χ2n) is 9.17. The zero-order valence-electron chi connectivity index (χ0n) is 21.4. The first-order chi connectivity index (χ1) is 18.7. The van der Waals surface area contributed by atoms with Crippen molar-refractivity contribution in [3.05, 3.63) is 126 Å². The third-order valence-corrected chi connectivity index (χ3v) is 7.07. The van der Waals surface area contributed by atoms with Crippen molar-refractivity contribution >= 4 is 57.6 Å². The van der Waals surface area contributed by atoms with Gasteiger partial charge in [0.2, 0.25) is 11.4 Å². The van der Waals surface area contributed by atoms with Crippen LogP contribution >= 0.6 is 0 Å². The van der Waals surface area contributed by atoms with E-state index in [0.717, 1.165) is 61.2 Å². The van der Waals surface area contributed by atoms with Gasteiger partial charge in [0.05, 0.1) is 16.6 Å². The van der Waals surface area contributed by atoms with Crippen molar-refractivity contribution in [1.29, 1.82) is 5.41 Å². The topological polar surface area (TPSA) is 39.2 Å². The smallest absolute Gasteiger partial charge is 0.236 e. The van der Waals surface area contributed by atoms with Crippen LogP contribution in [0.3, 0.4) is 0 Å². The van der Waals surface area contributed by atoms with Gasteiger partial charge in [0, 0.05) is 35.5 Å². The number of aliphatic imine (C=N–C) groups is 1. The Hall–Kier alpha value is -5.07. The number of benzene rings is 3. The minimum Gasteiger partial charge on any atom is -0.308 e. The van der Waals surface area contributed by atoms with Crippen LogP contribution in [-0.4, -0.2) is 18.6 Å². The molecule has 2 aliphatic rings. The summed E-state index contributed by atoms with van der Waals surface area (Å²) >= 11 is 0. The van der Waals surface area contributed by atoms with Crippen molar-refractivity contribution in [1.82, 2.24) is 4.58 Å². The standard InChI is InChI=1S/C35H26N3/c1-3-24(26-9-6-5-7-10-26)11-8-20-38-34-22-29(33-18-19-37-33)14-16-31(34)32-17-13-28-21-27(25(4-2)23-36)12-15-30(28)35(32)38/h3-12,14-16,18-23,36H,1-2H3/q+1/b11-8-,24-3+,25-4+,36-23?,38-20?. The summed E-state index contributed by atoms with van der Waals surface area (Å²) in [5.41, 5.74) is 10.7. The fraction of sp³-hybridized carbons (Fsp3) is 0.0571. The Morgan fingerprint density at radius 3 is 2.42 bits per heavy atom. The maximum atomic E-state index is 7.76. The second kappa shape index (κ2) is 9.76. The normalized spacial score (nSPS) is 15.3. The largest absolute Gasteiger partial charge is 0.308 e. The summed E-state index contributed by atoms with van der Waals surface area (Å²) in [6.07, 6.45) is 15.7. The van der Waals surface area contributed by atoms with Gasteiger partial charge in [-0.05, 0) is 66.5 Å². The molecule has 2 heterocycles. The van der Waals surface area contributed by atoms with Crippen LogP contribution in [0.1, 0.15) is 30.5 Å². The first-order valence-corrected chi connectivity index (χ1v) is 12.7. The van der Waals surface area contributed by atoms with Crippen LogP contribution in [0.25, 0.3) is 38.7 Å². The van der Waals surface area contributed by atoms with Gasteiger partial charge in [-0.15, -0.1) is 0 Å². The number of nitrogens with zero attached hydrogens (tertiary/aromatic N) is 2. The SMILES string of the molecule is C/C=C(\C=N)c1ccc2c3c(c#cc2c1)-c1ccc(C2=CC=N2)cc1[N+]3=C/C=C\C(=C/C)c1ccccc1. The number of nitrogens with one attached hydrogen (secondary N) is 1. The lowest BCUT2D eigenvalue weighted by molar-refractivity contribution is 1.15. The Bertz CT molecular complexity index is 1780. The minimum atomic E-state index is 0.884. The molecule has 0 bridgehead atoms. The molecule has 4 aromatic carbocycles. The monoisotopic (exact) mass is 488 g/mol. The average Bonchev–Trinajstić information content (AvgIpc) is 3.24. The van der Waals surface area contributed by atoms with Gasteiger partial charge in [0.1, 0.15) is 5.56 Å². The summed E-state index contributed by atoms with van der Waals surface area (Å²) in [4.78, 5) is 4.41. The molecule has 0 saturated heterocycles. The van der Waals surface area contributed by atoms with E-state index < -0.39 is 0 Å². The first-order valence-electron chi connectivity index (χ1n) is 12.7. The molecule has 0 atom stereocenters. The van der Waals surface area contributed by atoms with Gasteiger partial charge >= 0.3 is 0 Å². The zero-order valence-corrected chi connectivity index (χ0v) is 21.4. The molecule has 6 rings (SSSR count). The third kappa shape index (κ3) is 3.93. The van der Waals surface area contributed by atoms with Crippen molar-refractivity contribution in [2.75, 3.05) is 0 Å². The molecule has 0 aromatic heterocycles. The van der Waals surface area contributed by atoms with E-state index in [-0.39, 0.29) is 0 Å². The summed E-state index contributed by atoms with van der Waals surface area (Å²) < 4.78 is 2.26. The maximum absolute atomic E-state index is 7.76. The van der Waals surface area contributed by atoms with Crippen LogP contribution in [0.4, 0.5) is 11.4 Å². The van der Waals surface area contributed by atoms with Gasteiger partial charge in [-0.25, -0.2) is 0 Å². The molecule has 0 fully saturated rings. The highest BCUT2D eigenvalue weighted by Gasteiger charge is 2.34. The lowest BCUT2D eigenvalue weighted by atomic mass is 9.98. The van der Waals surface area contributed by atoms with E-state index >= 15 is 0 Å². The molecular weight excluding hydrogens is 462 g/mol. The highest BCUT2D eigenvalue weighted by atomic mass is 15.0. The Morgan fingerprint density at radius 2 is 1.71 bits per heavy atom. The van der Waals surface area contributed by atoms with Crippen LogP contribution in [-0.2, 0) is 0 Å². The Morgan fingerprint density at radius 1 is 0.895 bits per heavy atom. The van der Waals surface area contributed by atoms with E-state index in [2.05, 4.69) is 114 Å². The highest BCUT2D eigenvalue weighted by Crippen LogP contribution is 2.48. The van der Waals surface area contributed by atoms with E-state index in [4.69, 9.17) is 5.41 Å². The van der Waals surface area contributed by atoms with Crippen LogP contribution in [0, 0.1) is 17.5 Å². The Kier molecular flexibility index (Phi) is 6.00. The maximum Gasteiger partial charge on any atom is 0.236 e. The van der Waals surface area contributed by atoms with E-state index in [1.807, 2.05) is 31.4 Å². The number of fused-ring (bicyclic) bond motifs is 5. The van der Waals surface area contributed by atoms with Crippen molar-refractivity contribution in [3.8, 4) is 11.1 Å². The third-order valence-electron chi connectivity index (χ3n) is 7.07. The zero-order chi connectivity index (χ0) is 26.1. The van der Waals surface area contributed by atoms with E-state index in [1.54, 1.807) is 0 Å². The van der Waals surface area contributed by atoms with E-state index in [9.17, 15) is 0 Å². The fourth-order valence-corrected chi connectivity index (χ4v) is 5.06. The molecule has 0 spiro atoms.